The lowest BCUT2D eigenvalue weighted by Gasteiger charge is -2.15. The molecule has 144 valence electrons. The second kappa shape index (κ2) is 8.27. The molecular formula is C21H20ClN3O3. The van der Waals surface area contributed by atoms with Crippen LogP contribution in [0.2, 0.25) is 5.02 Å². The number of benzene rings is 2. The van der Waals surface area contributed by atoms with Crippen LogP contribution in [0.5, 0.6) is 5.75 Å². The topological polar surface area (TPSA) is 73.2 Å². The van der Waals surface area contributed by atoms with Gasteiger partial charge in [-0.1, -0.05) is 41.9 Å². The Hall–Kier alpha value is -3.12. The fourth-order valence-electron chi connectivity index (χ4n) is 2.84. The van der Waals surface area contributed by atoms with Gasteiger partial charge in [0.15, 0.2) is 0 Å². The smallest absolute Gasteiger partial charge is 0.254 e. The normalized spacial score (nSPS) is 10.6. The number of ether oxygens (including phenoxy) is 1. The van der Waals surface area contributed by atoms with E-state index in [4.69, 9.17) is 16.3 Å². The Morgan fingerprint density at radius 2 is 1.89 bits per heavy atom. The predicted octanol–water partition coefficient (Wildman–Crippen LogP) is 3.83. The molecule has 1 aromatic heterocycles. The molecule has 0 radical (unpaired) electrons. The summed E-state index contributed by atoms with van der Waals surface area (Å²) in [5, 5.41) is 3.33. The van der Waals surface area contributed by atoms with Crippen LogP contribution in [-0.2, 0) is 11.3 Å². The molecule has 0 unspecified atom stereocenters. The first-order valence-electron chi connectivity index (χ1n) is 8.67. The summed E-state index contributed by atoms with van der Waals surface area (Å²) in [5.41, 5.74) is 2.35. The second-order valence-electron chi connectivity index (χ2n) is 6.36. The number of carbonyl (C=O) groups excluding carboxylic acids is 1. The molecule has 0 aliphatic heterocycles. The maximum Gasteiger partial charge on any atom is 0.254 e. The van der Waals surface area contributed by atoms with Crippen LogP contribution in [0.3, 0.4) is 0 Å². The van der Waals surface area contributed by atoms with E-state index in [2.05, 4.69) is 10.3 Å². The molecule has 0 atom stereocenters. The minimum atomic E-state index is -0.370. The third kappa shape index (κ3) is 4.23. The zero-order valence-electron chi connectivity index (χ0n) is 15.8. The van der Waals surface area contributed by atoms with Crippen LogP contribution < -0.4 is 15.6 Å². The van der Waals surface area contributed by atoms with E-state index < -0.39 is 0 Å². The highest BCUT2D eigenvalue weighted by atomic mass is 35.5. The molecule has 0 saturated carbocycles. The van der Waals surface area contributed by atoms with Crippen molar-refractivity contribution in [3.8, 4) is 17.1 Å². The van der Waals surface area contributed by atoms with Gasteiger partial charge in [0.1, 0.15) is 18.1 Å². The average Bonchev–Trinajstić information content (AvgIpc) is 2.67. The SMILES string of the molecule is COc1cc(Cl)c(C)cc1NC(=O)Cn1c(-c2ccccc2)nc(C)cc1=O. The summed E-state index contributed by atoms with van der Waals surface area (Å²) in [6, 6.07) is 14.1. The maximum absolute atomic E-state index is 12.7. The fourth-order valence-corrected chi connectivity index (χ4v) is 3.00. The molecule has 0 fully saturated rings. The zero-order chi connectivity index (χ0) is 20.3. The Labute approximate surface area is 167 Å². The maximum atomic E-state index is 12.7. The van der Waals surface area contributed by atoms with Gasteiger partial charge in [0.2, 0.25) is 5.91 Å². The van der Waals surface area contributed by atoms with E-state index in [1.54, 1.807) is 19.1 Å². The van der Waals surface area contributed by atoms with Crippen LogP contribution in [0.15, 0.2) is 53.3 Å². The Bertz CT molecular complexity index is 1080. The van der Waals surface area contributed by atoms with Gasteiger partial charge in [-0.05, 0) is 25.5 Å². The Morgan fingerprint density at radius 3 is 2.57 bits per heavy atom. The van der Waals surface area contributed by atoms with Crippen LogP contribution in [0.4, 0.5) is 5.69 Å². The van der Waals surface area contributed by atoms with Gasteiger partial charge >= 0.3 is 0 Å². The predicted molar refractivity (Wildman–Crippen MR) is 110 cm³/mol. The van der Waals surface area contributed by atoms with E-state index in [1.165, 1.54) is 17.7 Å². The number of halogens is 1. The average molecular weight is 398 g/mol. The van der Waals surface area contributed by atoms with Gasteiger partial charge in [-0.25, -0.2) is 4.98 Å². The summed E-state index contributed by atoms with van der Waals surface area (Å²) in [4.78, 5) is 29.7. The number of nitrogens with one attached hydrogen (secondary N) is 1. The molecule has 0 aliphatic rings. The molecule has 2 aromatic carbocycles. The molecule has 3 aromatic rings. The van der Waals surface area contributed by atoms with Crippen molar-refractivity contribution in [2.75, 3.05) is 12.4 Å². The van der Waals surface area contributed by atoms with E-state index >= 15 is 0 Å². The zero-order valence-corrected chi connectivity index (χ0v) is 16.6. The quantitative estimate of drug-likeness (QED) is 0.710. The first-order chi connectivity index (χ1) is 13.4. The number of anilines is 1. The molecular weight excluding hydrogens is 378 g/mol. The summed E-state index contributed by atoms with van der Waals surface area (Å²) in [7, 11) is 1.50. The van der Waals surface area contributed by atoms with Gasteiger partial charge < -0.3 is 10.1 Å². The number of carbonyl (C=O) groups is 1. The molecule has 1 N–H and O–H groups in total. The fraction of sp³-hybridized carbons (Fsp3) is 0.190. The lowest BCUT2D eigenvalue weighted by molar-refractivity contribution is -0.116. The monoisotopic (exact) mass is 397 g/mol. The molecule has 7 heteroatoms. The third-order valence-corrected chi connectivity index (χ3v) is 4.63. The molecule has 0 bridgehead atoms. The molecule has 28 heavy (non-hydrogen) atoms. The van der Waals surface area contributed by atoms with E-state index in [1.807, 2.05) is 37.3 Å². The van der Waals surface area contributed by atoms with Crippen molar-refractivity contribution in [3.05, 3.63) is 75.2 Å². The first-order valence-corrected chi connectivity index (χ1v) is 9.04. The standard InChI is InChI=1S/C21H20ClN3O3/c1-13-9-17(18(28-3)11-16(13)22)24-19(26)12-25-20(27)10-14(2)23-21(25)15-7-5-4-6-8-15/h4-11H,12H2,1-3H3,(H,24,26). The largest absolute Gasteiger partial charge is 0.495 e. The van der Waals surface area contributed by atoms with Gasteiger partial charge in [-0.15, -0.1) is 0 Å². The number of nitrogens with zero attached hydrogens (tertiary/aromatic N) is 2. The van der Waals surface area contributed by atoms with Crippen LogP contribution in [-0.4, -0.2) is 22.6 Å². The second-order valence-corrected chi connectivity index (χ2v) is 6.77. The lowest BCUT2D eigenvalue weighted by Crippen LogP contribution is -2.29. The Morgan fingerprint density at radius 1 is 1.18 bits per heavy atom. The van der Waals surface area contributed by atoms with Crippen molar-refractivity contribution >= 4 is 23.2 Å². The van der Waals surface area contributed by atoms with Crippen molar-refractivity contribution in [1.29, 1.82) is 0 Å². The minimum Gasteiger partial charge on any atom is -0.495 e. The van der Waals surface area contributed by atoms with Crippen molar-refractivity contribution in [2.24, 2.45) is 0 Å². The van der Waals surface area contributed by atoms with Crippen LogP contribution in [0.25, 0.3) is 11.4 Å². The third-order valence-electron chi connectivity index (χ3n) is 4.22. The van der Waals surface area contributed by atoms with Crippen molar-refractivity contribution in [2.45, 2.75) is 20.4 Å². The van der Waals surface area contributed by atoms with Gasteiger partial charge in [-0.3, -0.25) is 14.2 Å². The highest BCUT2D eigenvalue weighted by molar-refractivity contribution is 6.31. The van der Waals surface area contributed by atoms with E-state index in [-0.39, 0.29) is 18.0 Å². The Kier molecular flexibility index (Phi) is 5.80. The number of aryl methyl sites for hydroxylation is 2. The van der Waals surface area contributed by atoms with E-state index in [0.29, 0.717) is 28.0 Å². The van der Waals surface area contributed by atoms with Gasteiger partial charge in [-0.2, -0.15) is 0 Å². The van der Waals surface area contributed by atoms with Crippen LogP contribution in [0.1, 0.15) is 11.3 Å². The van der Waals surface area contributed by atoms with Crippen LogP contribution in [0, 0.1) is 13.8 Å². The summed E-state index contributed by atoms with van der Waals surface area (Å²) in [6.07, 6.45) is 0. The highest BCUT2D eigenvalue weighted by Gasteiger charge is 2.15. The first kappa shape index (κ1) is 19.6. The molecule has 0 aliphatic carbocycles. The number of amides is 1. The molecule has 3 rings (SSSR count). The molecule has 1 amide bonds. The summed E-state index contributed by atoms with van der Waals surface area (Å²) in [6.45, 7) is 3.40. The molecule has 6 nitrogen and oxygen atoms in total. The van der Waals surface area contributed by atoms with Gasteiger partial charge in [0, 0.05) is 28.4 Å². The van der Waals surface area contributed by atoms with Crippen molar-refractivity contribution < 1.29 is 9.53 Å². The number of hydrogen-bond donors (Lipinski definition) is 1. The summed E-state index contributed by atoms with van der Waals surface area (Å²) < 4.78 is 6.64. The Balaban J connectivity index is 1.94. The van der Waals surface area contributed by atoms with Gasteiger partial charge in [0.25, 0.3) is 5.56 Å². The van der Waals surface area contributed by atoms with Crippen molar-refractivity contribution in [3.63, 3.8) is 0 Å². The summed E-state index contributed by atoms with van der Waals surface area (Å²) in [5.74, 6) is 0.520. The molecule has 0 spiro atoms. The molecule has 0 saturated heterocycles. The number of hydrogen-bond acceptors (Lipinski definition) is 4. The van der Waals surface area contributed by atoms with E-state index in [0.717, 1.165) is 11.1 Å². The number of rotatable bonds is 5. The summed E-state index contributed by atoms with van der Waals surface area (Å²) >= 11 is 6.11. The van der Waals surface area contributed by atoms with Crippen molar-refractivity contribution in [1.82, 2.24) is 9.55 Å². The van der Waals surface area contributed by atoms with E-state index in [9.17, 15) is 9.59 Å². The van der Waals surface area contributed by atoms with Gasteiger partial charge in [0.05, 0.1) is 12.8 Å². The highest BCUT2D eigenvalue weighted by Crippen LogP contribution is 2.31. The van der Waals surface area contributed by atoms with Crippen LogP contribution >= 0.6 is 11.6 Å². The lowest BCUT2D eigenvalue weighted by atomic mass is 10.2. The molecule has 1 heterocycles. The minimum absolute atomic E-state index is 0.179. The number of methoxy groups -OCH3 is 1. The number of aromatic nitrogens is 2.